The van der Waals surface area contributed by atoms with Crippen LogP contribution in [0.3, 0.4) is 0 Å². The van der Waals surface area contributed by atoms with E-state index in [4.69, 9.17) is 29.2 Å². The average Bonchev–Trinajstić information content (AvgIpc) is 2.62. The van der Waals surface area contributed by atoms with Gasteiger partial charge in [-0.3, -0.25) is 0 Å². The van der Waals surface area contributed by atoms with Crippen LogP contribution in [0, 0.1) is 0 Å². The molecule has 0 bridgehead atoms. The second kappa shape index (κ2) is 13.5. The number of para-hydroxylation sites is 2. The molecule has 0 unspecified atom stereocenters. The van der Waals surface area contributed by atoms with Gasteiger partial charge in [-0.05, 0) is 11.8 Å². The van der Waals surface area contributed by atoms with E-state index >= 15 is 0 Å². The Hall–Kier alpha value is -0.666. The Morgan fingerprint density at radius 3 is 1.42 bits per heavy atom. The van der Waals surface area contributed by atoms with Gasteiger partial charge in [0.05, 0.1) is 0 Å². The van der Waals surface area contributed by atoms with E-state index < -0.39 is 17.0 Å². The molecule has 26 heavy (non-hydrogen) atoms. The summed E-state index contributed by atoms with van der Waals surface area (Å²) in [6.45, 7) is 10.5. The van der Waals surface area contributed by atoms with Crippen LogP contribution in [0.15, 0.2) is 48.5 Å². The van der Waals surface area contributed by atoms with Crippen LogP contribution in [0.4, 0.5) is 11.4 Å². The van der Waals surface area contributed by atoms with Gasteiger partial charge in [-0.15, -0.1) is 24.5 Å². The number of hydrogen-bond donors (Lipinski definition) is 0. The Bertz CT molecular complexity index is 579. The molecule has 0 amide bonds. The van der Waals surface area contributed by atoms with Crippen molar-refractivity contribution < 1.29 is 17.0 Å². The van der Waals surface area contributed by atoms with Gasteiger partial charge >= 0.3 is 35.6 Å². The van der Waals surface area contributed by atoms with Crippen LogP contribution in [-0.4, -0.2) is 13.1 Å². The third-order valence-electron chi connectivity index (χ3n) is 4.00. The Kier molecular flexibility index (Phi) is 12.1. The van der Waals surface area contributed by atoms with Gasteiger partial charge in [0.1, 0.15) is 0 Å². The normalized spacial score (nSPS) is 10.3. The molecule has 0 saturated carbocycles. The summed E-state index contributed by atoms with van der Waals surface area (Å²) in [5, 5.41) is 9.51. The zero-order valence-corrected chi connectivity index (χ0v) is 19.1. The fraction of sp³-hybridized carbons (Fsp3) is 0.429. The van der Waals surface area contributed by atoms with Crippen molar-refractivity contribution >= 4 is 30.0 Å². The summed E-state index contributed by atoms with van der Waals surface area (Å²) in [6, 6.07) is 16.9. The zero-order chi connectivity index (χ0) is 19.4. The van der Waals surface area contributed by atoms with Crippen molar-refractivity contribution in [1.29, 1.82) is 0 Å². The van der Waals surface area contributed by atoms with Gasteiger partial charge in [-0.2, -0.15) is 0 Å². The quantitative estimate of drug-likeness (QED) is 0.299. The molecule has 0 aliphatic rings. The Balaban J connectivity index is 0.00000105. The molecule has 0 aliphatic heterocycles. The van der Waals surface area contributed by atoms with E-state index in [0.717, 1.165) is 30.9 Å². The predicted molar refractivity (Wildman–Crippen MR) is 113 cm³/mol. The summed E-state index contributed by atoms with van der Waals surface area (Å²) < 4.78 is 0. The van der Waals surface area contributed by atoms with Gasteiger partial charge < -0.3 is 10.6 Å². The molecule has 0 atom stereocenters. The molecule has 0 spiro atoms. The van der Waals surface area contributed by atoms with E-state index in [9.17, 15) is 0 Å². The fourth-order valence-electron chi connectivity index (χ4n) is 2.71. The summed E-state index contributed by atoms with van der Waals surface area (Å²) in [7, 11) is 9.78. The number of hydrogen-bond acceptors (Lipinski definition) is 0. The maximum atomic E-state index is 4.89. The molecular formula is C21H28Cl2N2Ti-2. The SMILES string of the molecule is CC(C)c1ccccc1[N-]CCC[N-]c1ccccc1C(C)C.[Cl][Ti][Cl]. The molecule has 0 saturated heterocycles. The summed E-state index contributed by atoms with van der Waals surface area (Å²) in [5.74, 6) is 1.02. The van der Waals surface area contributed by atoms with Crippen LogP contribution in [0.25, 0.3) is 10.6 Å². The van der Waals surface area contributed by atoms with Gasteiger partial charge in [0.15, 0.2) is 0 Å². The molecule has 2 aromatic rings. The summed E-state index contributed by atoms with van der Waals surface area (Å²) in [6.07, 6.45) is 0.985. The fourth-order valence-corrected chi connectivity index (χ4v) is 2.71. The van der Waals surface area contributed by atoms with Gasteiger partial charge in [0.2, 0.25) is 0 Å². The molecule has 5 heteroatoms. The number of halogens is 2. The monoisotopic (exact) mass is 426 g/mol. The molecule has 0 heterocycles. The minimum atomic E-state index is -0.556. The van der Waals surface area contributed by atoms with E-state index in [1.54, 1.807) is 0 Å². The van der Waals surface area contributed by atoms with Crippen LogP contribution in [0.2, 0.25) is 0 Å². The van der Waals surface area contributed by atoms with E-state index in [1.807, 2.05) is 0 Å². The molecular weight excluding hydrogens is 399 g/mol. The van der Waals surface area contributed by atoms with Crippen molar-refractivity contribution in [2.24, 2.45) is 0 Å². The van der Waals surface area contributed by atoms with Crippen LogP contribution in [0.1, 0.15) is 57.1 Å². The molecule has 2 rings (SSSR count). The van der Waals surface area contributed by atoms with Gasteiger partial charge in [-0.25, -0.2) is 0 Å². The first-order valence-corrected chi connectivity index (χ1v) is 13.3. The molecule has 2 aromatic carbocycles. The van der Waals surface area contributed by atoms with E-state index in [0.29, 0.717) is 11.8 Å². The summed E-state index contributed by atoms with van der Waals surface area (Å²) in [5.41, 5.74) is 4.92. The molecule has 0 N–H and O–H groups in total. The third kappa shape index (κ3) is 8.35. The van der Waals surface area contributed by atoms with Crippen molar-refractivity contribution in [3.8, 4) is 0 Å². The molecule has 2 nitrogen and oxygen atoms in total. The number of benzene rings is 2. The van der Waals surface area contributed by atoms with Crippen molar-refractivity contribution in [1.82, 2.24) is 0 Å². The standard InChI is InChI=1S/C21H28N2.2ClH.Ti/c1-16(2)18-10-5-7-12-20(18)22-14-9-15-23-21-13-8-6-11-19(21)17(3)4;;;/h5-8,10-13,16-17H,9,14-15H2,1-4H3;2*1H;/q-2;;;+2/p-2. The minimum absolute atomic E-state index is 0.512. The van der Waals surface area contributed by atoms with Crippen molar-refractivity contribution in [3.05, 3.63) is 70.3 Å². The molecule has 0 radical (unpaired) electrons. The topological polar surface area (TPSA) is 28.2 Å². The second-order valence-corrected chi connectivity index (χ2v) is 9.19. The molecule has 142 valence electrons. The van der Waals surface area contributed by atoms with Crippen molar-refractivity contribution in [2.75, 3.05) is 13.1 Å². The zero-order valence-electron chi connectivity index (χ0n) is 16.0. The van der Waals surface area contributed by atoms with Gasteiger partial charge in [0.25, 0.3) is 0 Å². The first-order valence-electron chi connectivity index (χ1n) is 9.00. The first-order chi connectivity index (χ1) is 12.5. The van der Waals surface area contributed by atoms with Gasteiger partial charge in [-0.1, -0.05) is 93.8 Å². The first kappa shape index (κ1) is 23.4. The van der Waals surface area contributed by atoms with Crippen molar-refractivity contribution in [2.45, 2.75) is 46.0 Å². The van der Waals surface area contributed by atoms with Crippen LogP contribution >= 0.6 is 18.6 Å². The van der Waals surface area contributed by atoms with E-state index in [2.05, 4.69) is 76.2 Å². The van der Waals surface area contributed by atoms with Crippen LogP contribution in [-0.2, 0) is 17.0 Å². The average molecular weight is 427 g/mol. The third-order valence-corrected chi connectivity index (χ3v) is 4.00. The second-order valence-electron chi connectivity index (χ2n) is 6.62. The summed E-state index contributed by atoms with van der Waals surface area (Å²) >= 11 is -0.556. The molecule has 0 aromatic heterocycles. The number of nitrogens with zero attached hydrogens (tertiary/aromatic N) is 2. The van der Waals surface area contributed by atoms with E-state index in [1.165, 1.54) is 11.1 Å². The number of rotatable bonds is 8. The Morgan fingerprint density at radius 2 is 1.08 bits per heavy atom. The van der Waals surface area contributed by atoms with Gasteiger partial charge in [0, 0.05) is 0 Å². The Morgan fingerprint density at radius 1 is 0.731 bits per heavy atom. The van der Waals surface area contributed by atoms with Crippen LogP contribution < -0.4 is 0 Å². The molecule has 0 aliphatic carbocycles. The van der Waals surface area contributed by atoms with Crippen LogP contribution in [0.5, 0.6) is 0 Å². The molecule has 0 fully saturated rings. The maximum absolute atomic E-state index is 4.89. The summed E-state index contributed by atoms with van der Waals surface area (Å²) in [4.78, 5) is 0. The Labute approximate surface area is 175 Å². The van der Waals surface area contributed by atoms with E-state index in [-0.39, 0.29) is 0 Å². The predicted octanol–water partition coefficient (Wildman–Crippen LogP) is 8.41. The van der Waals surface area contributed by atoms with Crippen molar-refractivity contribution in [3.63, 3.8) is 0 Å².